The number of hydrogen-bond acceptors (Lipinski definition) is 6. The van der Waals surface area contributed by atoms with Crippen molar-refractivity contribution in [2.75, 3.05) is 14.2 Å². The fourth-order valence-corrected chi connectivity index (χ4v) is 2.69. The van der Waals surface area contributed by atoms with Crippen LogP contribution in [-0.4, -0.2) is 31.6 Å². The lowest BCUT2D eigenvalue weighted by molar-refractivity contribution is -0.110. The smallest absolute Gasteiger partial charge is 0.237 e. The number of benzene rings is 1. The van der Waals surface area contributed by atoms with Gasteiger partial charge in [-0.25, -0.2) is 0 Å². The van der Waals surface area contributed by atoms with E-state index in [1.54, 1.807) is 13.0 Å². The molecule has 1 aromatic heterocycles. The molecule has 2 aromatic rings. The van der Waals surface area contributed by atoms with Crippen molar-refractivity contribution < 1.29 is 28.3 Å². The molecule has 0 unspecified atom stereocenters. The van der Waals surface area contributed by atoms with Crippen molar-refractivity contribution in [2.45, 2.75) is 6.92 Å². The standard InChI is InChI=1S/C18H14O6/c1-9-6-10(7-14(22-2)18(9)23-3)16(20)11-8-24-13-5-4-12(19)17(21)15(11)13/h4-8H,1-3H3. The van der Waals surface area contributed by atoms with Crippen LogP contribution in [0.4, 0.5) is 0 Å². The van der Waals surface area contributed by atoms with Gasteiger partial charge in [0.05, 0.1) is 25.3 Å². The molecule has 0 amide bonds. The van der Waals surface area contributed by atoms with Crippen LogP contribution in [0.2, 0.25) is 0 Å². The highest BCUT2D eigenvalue weighted by molar-refractivity contribution is 6.51. The number of rotatable bonds is 4. The molecule has 1 aliphatic carbocycles. The van der Waals surface area contributed by atoms with E-state index in [0.29, 0.717) is 22.6 Å². The highest BCUT2D eigenvalue weighted by Gasteiger charge is 2.31. The van der Waals surface area contributed by atoms with E-state index in [9.17, 15) is 14.4 Å². The Kier molecular flexibility index (Phi) is 3.81. The summed E-state index contributed by atoms with van der Waals surface area (Å²) >= 11 is 0. The number of furan rings is 1. The fourth-order valence-electron chi connectivity index (χ4n) is 2.69. The Morgan fingerprint density at radius 3 is 2.50 bits per heavy atom. The lowest BCUT2D eigenvalue weighted by Gasteiger charge is -2.12. The first-order valence-electron chi connectivity index (χ1n) is 7.13. The number of allylic oxidation sites excluding steroid dienone is 1. The van der Waals surface area contributed by atoms with E-state index >= 15 is 0 Å². The molecule has 0 N–H and O–H groups in total. The van der Waals surface area contributed by atoms with Crippen LogP contribution in [-0.2, 0) is 4.79 Å². The Bertz CT molecular complexity index is 900. The summed E-state index contributed by atoms with van der Waals surface area (Å²) in [6.45, 7) is 1.78. The van der Waals surface area contributed by atoms with E-state index in [1.165, 1.54) is 32.6 Å². The van der Waals surface area contributed by atoms with Crippen molar-refractivity contribution in [3.63, 3.8) is 0 Å². The van der Waals surface area contributed by atoms with Gasteiger partial charge in [0.1, 0.15) is 12.0 Å². The third kappa shape index (κ3) is 2.32. The molecule has 24 heavy (non-hydrogen) atoms. The van der Waals surface area contributed by atoms with Gasteiger partial charge in [-0.3, -0.25) is 14.4 Å². The van der Waals surface area contributed by atoms with Gasteiger partial charge in [0.25, 0.3) is 0 Å². The molecule has 122 valence electrons. The second-order valence-electron chi connectivity index (χ2n) is 5.27. The third-order valence-electron chi connectivity index (χ3n) is 3.83. The molecule has 3 rings (SSSR count). The Balaban J connectivity index is 2.11. The molecule has 0 atom stereocenters. The summed E-state index contributed by atoms with van der Waals surface area (Å²) in [6, 6.07) is 3.16. The Hall–Kier alpha value is -3.15. The zero-order valence-corrected chi connectivity index (χ0v) is 13.3. The van der Waals surface area contributed by atoms with Crippen LogP contribution in [0, 0.1) is 6.92 Å². The highest BCUT2D eigenvalue weighted by Crippen LogP contribution is 2.34. The van der Waals surface area contributed by atoms with Gasteiger partial charge in [-0.2, -0.15) is 0 Å². The van der Waals surface area contributed by atoms with Crippen molar-refractivity contribution in [3.05, 3.63) is 52.5 Å². The number of fused-ring (bicyclic) bond motifs is 1. The second kappa shape index (κ2) is 5.81. The quantitative estimate of drug-likeness (QED) is 0.634. The predicted molar refractivity (Wildman–Crippen MR) is 84.8 cm³/mol. The number of hydrogen-bond donors (Lipinski definition) is 0. The first-order valence-corrected chi connectivity index (χ1v) is 7.13. The average molecular weight is 326 g/mol. The van der Waals surface area contributed by atoms with Gasteiger partial charge in [0, 0.05) is 5.56 Å². The topological polar surface area (TPSA) is 82.8 Å². The first kappa shape index (κ1) is 15.7. The van der Waals surface area contributed by atoms with Crippen molar-refractivity contribution in [1.82, 2.24) is 0 Å². The minimum atomic E-state index is -0.748. The average Bonchev–Trinajstić information content (AvgIpc) is 3.01. The molecule has 0 aliphatic heterocycles. The van der Waals surface area contributed by atoms with Crippen LogP contribution in [0.5, 0.6) is 11.5 Å². The van der Waals surface area contributed by atoms with Gasteiger partial charge < -0.3 is 13.9 Å². The van der Waals surface area contributed by atoms with Gasteiger partial charge in [-0.05, 0) is 36.8 Å². The molecular weight excluding hydrogens is 312 g/mol. The fraction of sp³-hybridized carbons (Fsp3) is 0.167. The van der Waals surface area contributed by atoms with Crippen molar-refractivity contribution >= 4 is 23.4 Å². The van der Waals surface area contributed by atoms with E-state index in [0.717, 1.165) is 6.08 Å². The molecule has 0 spiro atoms. The SMILES string of the molecule is COc1cc(C(=O)c2coc3c2C(=O)C(=O)C=C3)cc(C)c1OC. The van der Waals surface area contributed by atoms with Gasteiger partial charge in [0.2, 0.25) is 11.6 Å². The number of ether oxygens (including phenoxy) is 2. The number of Topliss-reactive ketones (excluding diaryl/α,β-unsaturated/α-hetero) is 1. The number of methoxy groups -OCH3 is 2. The van der Waals surface area contributed by atoms with Crippen LogP contribution in [0.3, 0.4) is 0 Å². The Labute approximate surface area is 137 Å². The molecule has 1 aliphatic rings. The van der Waals surface area contributed by atoms with Gasteiger partial charge in [0.15, 0.2) is 17.3 Å². The van der Waals surface area contributed by atoms with E-state index in [2.05, 4.69) is 0 Å². The zero-order chi connectivity index (χ0) is 17.4. The van der Waals surface area contributed by atoms with Crippen LogP contribution in [0.25, 0.3) is 6.08 Å². The minimum absolute atomic E-state index is 0.0000575. The summed E-state index contributed by atoms with van der Waals surface area (Å²) in [4.78, 5) is 36.5. The van der Waals surface area contributed by atoms with E-state index in [1.807, 2.05) is 0 Å². The number of ketones is 3. The van der Waals surface area contributed by atoms with E-state index in [-0.39, 0.29) is 16.9 Å². The van der Waals surface area contributed by atoms with Crippen LogP contribution >= 0.6 is 0 Å². The monoisotopic (exact) mass is 326 g/mol. The summed E-state index contributed by atoms with van der Waals surface area (Å²) < 4.78 is 15.7. The highest BCUT2D eigenvalue weighted by atomic mass is 16.5. The Morgan fingerprint density at radius 2 is 1.83 bits per heavy atom. The van der Waals surface area contributed by atoms with Crippen LogP contribution in [0.15, 0.2) is 28.9 Å². The molecule has 0 fully saturated rings. The number of carbonyl (C=O) groups is 3. The molecular formula is C18H14O6. The predicted octanol–water partition coefficient (Wildman–Crippen LogP) is 2.61. The van der Waals surface area contributed by atoms with E-state index < -0.39 is 17.3 Å². The van der Waals surface area contributed by atoms with Crippen LogP contribution < -0.4 is 9.47 Å². The number of carbonyl (C=O) groups excluding carboxylic acids is 3. The van der Waals surface area contributed by atoms with Gasteiger partial charge >= 0.3 is 0 Å². The lowest BCUT2D eigenvalue weighted by atomic mass is 9.93. The van der Waals surface area contributed by atoms with Crippen molar-refractivity contribution in [3.8, 4) is 11.5 Å². The van der Waals surface area contributed by atoms with E-state index in [4.69, 9.17) is 13.9 Å². The molecule has 0 saturated heterocycles. The van der Waals surface area contributed by atoms with Crippen LogP contribution in [0.1, 0.15) is 37.6 Å². The second-order valence-corrected chi connectivity index (χ2v) is 5.27. The summed E-state index contributed by atoms with van der Waals surface area (Å²) in [6.07, 6.45) is 3.71. The molecule has 1 aromatic carbocycles. The molecule has 0 radical (unpaired) electrons. The third-order valence-corrected chi connectivity index (χ3v) is 3.83. The summed E-state index contributed by atoms with van der Waals surface area (Å²) in [7, 11) is 2.98. The van der Waals surface area contributed by atoms with Gasteiger partial charge in [-0.15, -0.1) is 0 Å². The maximum absolute atomic E-state index is 12.8. The maximum Gasteiger partial charge on any atom is 0.237 e. The summed E-state index contributed by atoms with van der Waals surface area (Å²) in [5.41, 5.74) is 1.07. The molecule has 0 bridgehead atoms. The normalized spacial score (nSPS) is 13.0. The van der Waals surface area contributed by atoms with Crippen molar-refractivity contribution in [2.24, 2.45) is 0 Å². The lowest BCUT2D eigenvalue weighted by Crippen LogP contribution is -2.18. The summed E-state index contributed by atoms with van der Waals surface area (Å²) in [5, 5.41) is 0. The largest absolute Gasteiger partial charge is 0.493 e. The number of aryl methyl sites for hydroxylation is 1. The van der Waals surface area contributed by atoms with Gasteiger partial charge in [-0.1, -0.05) is 0 Å². The van der Waals surface area contributed by atoms with Crippen molar-refractivity contribution in [1.29, 1.82) is 0 Å². The maximum atomic E-state index is 12.8. The minimum Gasteiger partial charge on any atom is -0.493 e. The first-order chi connectivity index (χ1) is 11.5. The molecule has 6 nitrogen and oxygen atoms in total. The molecule has 1 heterocycles. The Morgan fingerprint density at radius 1 is 1.08 bits per heavy atom. The summed E-state index contributed by atoms with van der Waals surface area (Å²) in [5.74, 6) is -0.720. The zero-order valence-electron chi connectivity index (χ0n) is 13.3. The molecule has 0 saturated carbocycles. The molecule has 6 heteroatoms.